The van der Waals surface area contributed by atoms with E-state index in [1.165, 1.54) is 0 Å². The van der Waals surface area contributed by atoms with Crippen molar-refractivity contribution >= 4 is 15.2 Å². The Morgan fingerprint density at radius 3 is 1.46 bits per heavy atom. The van der Waals surface area contributed by atoms with Crippen molar-refractivity contribution in [1.29, 1.82) is 0 Å². The van der Waals surface area contributed by atoms with Crippen molar-refractivity contribution in [2.24, 2.45) is 5.92 Å². The van der Waals surface area contributed by atoms with E-state index >= 15 is 0 Å². The molecule has 0 atom stereocenters. The van der Waals surface area contributed by atoms with Gasteiger partial charge in [0, 0.05) is 45.2 Å². The van der Waals surface area contributed by atoms with Crippen LogP contribution in [0, 0.1) is 5.92 Å². The monoisotopic (exact) mass is 390 g/mol. The predicted octanol–water partition coefficient (Wildman–Crippen LogP) is -2.63. The fourth-order valence-corrected chi connectivity index (χ4v) is 5.16. The fraction of sp³-hybridized carbons (Fsp3) is 1.00. The van der Waals surface area contributed by atoms with Crippen LogP contribution in [0.1, 0.15) is 6.42 Å². The summed E-state index contributed by atoms with van der Waals surface area (Å²) in [6.45, 7) is 3.34. The Bertz CT molecular complexity index is 433. The predicted molar refractivity (Wildman–Crippen MR) is 88.6 cm³/mol. The highest BCUT2D eigenvalue weighted by atomic mass is 31.2. The van der Waals surface area contributed by atoms with Crippen LogP contribution in [0.3, 0.4) is 0 Å². The zero-order chi connectivity index (χ0) is 18.3. The summed E-state index contributed by atoms with van der Waals surface area (Å²) < 4.78 is 23.3. The Kier molecular flexibility index (Phi) is 8.95. The van der Waals surface area contributed by atoms with E-state index in [4.69, 9.17) is 0 Å². The molecule has 24 heavy (non-hydrogen) atoms. The molecule has 0 unspecified atom stereocenters. The van der Waals surface area contributed by atoms with Gasteiger partial charge in [0.1, 0.15) is 0 Å². The van der Waals surface area contributed by atoms with Crippen LogP contribution >= 0.6 is 15.2 Å². The first-order chi connectivity index (χ1) is 11.1. The molecule has 0 aromatic rings. The number of rotatable bonds is 3. The van der Waals surface area contributed by atoms with E-state index in [0.717, 1.165) is 19.5 Å². The van der Waals surface area contributed by atoms with Crippen LogP contribution in [0.4, 0.5) is 0 Å². The van der Waals surface area contributed by atoms with Gasteiger partial charge in [-0.05, 0) is 19.5 Å². The average molecular weight is 390 g/mol. The van der Waals surface area contributed by atoms with Crippen LogP contribution in [-0.4, -0.2) is 82.1 Å². The quantitative estimate of drug-likeness (QED) is 0.230. The Hall–Kier alpha value is 0.1000. The van der Waals surface area contributed by atoms with Gasteiger partial charge in [-0.3, -0.25) is 9.13 Å². The normalized spacial score (nSPS) is 22.0. The first kappa shape index (κ1) is 22.1. The van der Waals surface area contributed by atoms with Crippen LogP contribution in [0.15, 0.2) is 0 Å². The Balaban J connectivity index is 2.90. The van der Waals surface area contributed by atoms with E-state index in [-0.39, 0.29) is 13.1 Å². The SMILES string of the molecule is O=P(O)(O)C(O)(C1CNCCNCCCNCCNC1)P(=O)(O)O. The highest BCUT2D eigenvalue weighted by Gasteiger charge is 2.63. The summed E-state index contributed by atoms with van der Waals surface area (Å²) in [5.41, 5.74) is 0. The second-order valence-electron chi connectivity index (χ2n) is 5.73. The minimum atomic E-state index is -5.49. The highest BCUT2D eigenvalue weighted by molar-refractivity contribution is 7.72. The minimum Gasteiger partial charge on any atom is -0.367 e. The summed E-state index contributed by atoms with van der Waals surface area (Å²) in [5.74, 6) is -1.37. The van der Waals surface area contributed by atoms with Gasteiger partial charge in [0.25, 0.3) is 5.08 Å². The molecule has 13 heteroatoms. The van der Waals surface area contributed by atoms with E-state index in [0.29, 0.717) is 26.2 Å². The first-order valence-corrected chi connectivity index (χ1v) is 11.0. The van der Waals surface area contributed by atoms with Gasteiger partial charge in [-0.25, -0.2) is 0 Å². The van der Waals surface area contributed by atoms with Crippen molar-refractivity contribution in [3.8, 4) is 0 Å². The van der Waals surface area contributed by atoms with E-state index < -0.39 is 26.2 Å². The van der Waals surface area contributed by atoms with E-state index in [1.54, 1.807) is 0 Å². The number of hydrogen-bond donors (Lipinski definition) is 9. The largest absolute Gasteiger partial charge is 0.369 e. The summed E-state index contributed by atoms with van der Waals surface area (Å²) in [7, 11) is -11.0. The second kappa shape index (κ2) is 9.70. The van der Waals surface area contributed by atoms with Gasteiger partial charge in [-0.2, -0.15) is 0 Å². The van der Waals surface area contributed by atoms with Crippen molar-refractivity contribution in [1.82, 2.24) is 21.3 Å². The minimum absolute atomic E-state index is 0.158. The third-order valence-electron chi connectivity index (χ3n) is 3.85. The van der Waals surface area contributed by atoms with Crippen LogP contribution in [0.2, 0.25) is 0 Å². The Morgan fingerprint density at radius 1 is 0.708 bits per heavy atom. The van der Waals surface area contributed by atoms with Crippen LogP contribution < -0.4 is 21.3 Å². The summed E-state index contributed by atoms with van der Waals surface area (Å²) in [4.78, 5) is 37.5. The number of aliphatic hydroxyl groups is 1. The molecule has 1 heterocycles. The van der Waals surface area contributed by atoms with Gasteiger partial charge in [-0.1, -0.05) is 0 Å². The molecular formula is C11H28N4O7P2. The standard InChI is InChI=1S/C11H28N4O7P2/c16-11(23(17,18)19,24(20,21)22)10-8-14-6-4-12-2-1-3-13-5-7-15-9-10/h10,12-16H,1-9H2,(H2,17,18,19)(H2,20,21,22). The molecule has 144 valence electrons. The smallest absolute Gasteiger partial charge is 0.367 e. The van der Waals surface area contributed by atoms with E-state index in [9.17, 15) is 33.8 Å². The zero-order valence-electron chi connectivity index (χ0n) is 13.4. The molecule has 1 aliphatic heterocycles. The molecule has 0 bridgehead atoms. The fourth-order valence-electron chi connectivity index (χ4n) is 2.49. The van der Waals surface area contributed by atoms with Crippen LogP contribution in [0.25, 0.3) is 0 Å². The molecule has 0 radical (unpaired) electrons. The summed E-state index contributed by atoms with van der Waals surface area (Å²) in [5, 5.41) is 18.9. The second-order valence-corrected chi connectivity index (χ2v) is 9.63. The highest BCUT2D eigenvalue weighted by Crippen LogP contribution is 2.70. The van der Waals surface area contributed by atoms with Gasteiger partial charge >= 0.3 is 15.2 Å². The maximum atomic E-state index is 11.6. The summed E-state index contributed by atoms with van der Waals surface area (Å²) in [6, 6.07) is 0. The molecular weight excluding hydrogens is 362 g/mol. The lowest BCUT2D eigenvalue weighted by atomic mass is 10.1. The third-order valence-corrected chi connectivity index (χ3v) is 7.86. The average Bonchev–Trinajstić information content (AvgIpc) is 2.46. The zero-order valence-corrected chi connectivity index (χ0v) is 15.2. The van der Waals surface area contributed by atoms with Gasteiger partial charge in [0.2, 0.25) is 0 Å². The van der Waals surface area contributed by atoms with Gasteiger partial charge in [0.15, 0.2) is 0 Å². The third kappa shape index (κ3) is 6.12. The van der Waals surface area contributed by atoms with Crippen molar-refractivity contribution < 1.29 is 33.8 Å². The van der Waals surface area contributed by atoms with Gasteiger partial charge in [-0.15, -0.1) is 0 Å². The molecule has 0 saturated carbocycles. The van der Waals surface area contributed by atoms with Crippen molar-refractivity contribution in [3.05, 3.63) is 0 Å². The summed E-state index contributed by atoms with van der Waals surface area (Å²) in [6.07, 6.45) is 0.957. The Labute approximate surface area is 140 Å². The molecule has 0 spiro atoms. The van der Waals surface area contributed by atoms with Crippen molar-refractivity contribution in [2.75, 3.05) is 52.4 Å². The molecule has 1 saturated heterocycles. The molecule has 0 amide bonds. The number of hydrogen-bond acceptors (Lipinski definition) is 7. The lowest BCUT2D eigenvalue weighted by Crippen LogP contribution is -2.49. The molecule has 0 aromatic carbocycles. The van der Waals surface area contributed by atoms with Crippen LogP contribution in [0.5, 0.6) is 0 Å². The number of nitrogens with one attached hydrogen (secondary N) is 4. The molecule has 9 N–H and O–H groups in total. The van der Waals surface area contributed by atoms with Gasteiger partial charge < -0.3 is 45.9 Å². The molecule has 0 aliphatic carbocycles. The maximum absolute atomic E-state index is 11.6. The maximum Gasteiger partial charge on any atom is 0.369 e. The summed E-state index contributed by atoms with van der Waals surface area (Å²) >= 11 is 0. The lowest BCUT2D eigenvalue weighted by molar-refractivity contribution is 0.0772. The Morgan fingerprint density at radius 2 is 1.08 bits per heavy atom. The molecule has 1 fully saturated rings. The molecule has 1 rings (SSSR count). The van der Waals surface area contributed by atoms with Crippen molar-refractivity contribution in [3.63, 3.8) is 0 Å². The lowest BCUT2D eigenvalue weighted by Gasteiger charge is -2.36. The topological polar surface area (TPSA) is 183 Å². The van der Waals surface area contributed by atoms with Gasteiger partial charge in [0.05, 0.1) is 0 Å². The van der Waals surface area contributed by atoms with E-state index in [1.807, 2.05) is 0 Å². The van der Waals surface area contributed by atoms with E-state index in [2.05, 4.69) is 21.3 Å². The molecule has 11 nitrogen and oxygen atoms in total. The molecule has 1 aliphatic rings. The van der Waals surface area contributed by atoms with Crippen LogP contribution in [-0.2, 0) is 9.13 Å². The first-order valence-electron chi connectivity index (χ1n) is 7.77. The molecule has 0 aromatic heterocycles. The van der Waals surface area contributed by atoms with Crippen molar-refractivity contribution in [2.45, 2.75) is 11.5 Å².